The summed E-state index contributed by atoms with van der Waals surface area (Å²) >= 11 is 0. The van der Waals surface area contributed by atoms with Gasteiger partial charge in [-0.2, -0.15) is 4.98 Å². The fourth-order valence-electron chi connectivity index (χ4n) is 2.38. The van der Waals surface area contributed by atoms with Crippen LogP contribution in [0.15, 0.2) is 30.6 Å². The van der Waals surface area contributed by atoms with Crippen LogP contribution in [0, 0.1) is 17.6 Å². The zero-order valence-corrected chi connectivity index (χ0v) is 13.4. The van der Waals surface area contributed by atoms with Crippen LogP contribution in [0.25, 0.3) is 11.0 Å². The molecule has 3 rings (SSSR count). The lowest BCUT2D eigenvalue weighted by Gasteiger charge is -2.09. The second kappa shape index (κ2) is 6.43. The van der Waals surface area contributed by atoms with Crippen LogP contribution in [0.5, 0.6) is 5.75 Å². The molecular weight excluding hydrogens is 314 g/mol. The van der Waals surface area contributed by atoms with Crippen molar-refractivity contribution in [3.05, 3.63) is 42.2 Å². The number of phenolic OH excluding ortho intramolecular Hbond substituents is 1. The van der Waals surface area contributed by atoms with Crippen LogP contribution in [0.3, 0.4) is 0 Å². The van der Waals surface area contributed by atoms with Crippen LogP contribution >= 0.6 is 0 Å². The van der Waals surface area contributed by atoms with E-state index in [2.05, 4.69) is 29.1 Å². The maximum Gasteiger partial charge on any atom is 0.229 e. The first-order valence-corrected chi connectivity index (χ1v) is 7.71. The number of aryl methyl sites for hydroxylation is 1. The van der Waals surface area contributed by atoms with Gasteiger partial charge in [0.25, 0.3) is 0 Å². The molecule has 0 saturated heterocycles. The number of nitrogens with one attached hydrogen (secondary N) is 1. The second-order valence-corrected chi connectivity index (χ2v) is 6.08. The molecule has 7 heteroatoms. The number of hydrogen-bond acceptors (Lipinski definition) is 4. The number of aromatic nitrogens is 3. The molecule has 2 aromatic heterocycles. The van der Waals surface area contributed by atoms with Crippen molar-refractivity contribution < 1.29 is 13.9 Å². The fraction of sp³-hybridized carbons (Fsp3) is 0.294. The quantitative estimate of drug-likeness (QED) is 0.687. The van der Waals surface area contributed by atoms with Gasteiger partial charge in [-0.15, -0.1) is 0 Å². The molecule has 0 spiro atoms. The number of anilines is 2. The molecule has 0 radical (unpaired) electrons. The molecule has 1 aromatic carbocycles. The third kappa shape index (κ3) is 3.29. The van der Waals surface area contributed by atoms with Crippen LogP contribution < -0.4 is 5.32 Å². The third-order valence-electron chi connectivity index (χ3n) is 3.72. The van der Waals surface area contributed by atoms with Gasteiger partial charge >= 0.3 is 0 Å². The van der Waals surface area contributed by atoms with E-state index in [1.165, 1.54) is 0 Å². The van der Waals surface area contributed by atoms with Gasteiger partial charge in [0.2, 0.25) is 5.95 Å². The molecule has 0 amide bonds. The lowest BCUT2D eigenvalue weighted by Crippen LogP contribution is -2.03. The zero-order valence-electron chi connectivity index (χ0n) is 13.4. The number of phenols is 1. The first kappa shape index (κ1) is 16.2. The molecule has 0 bridgehead atoms. The number of halogens is 2. The number of aromatic hydroxyl groups is 1. The van der Waals surface area contributed by atoms with Crippen molar-refractivity contribution in [1.29, 1.82) is 0 Å². The van der Waals surface area contributed by atoms with Gasteiger partial charge in [-0.3, -0.25) is 0 Å². The van der Waals surface area contributed by atoms with Gasteiger partial charge in [0.15, 0.2) is 17.4 Å². The molecule has 24 heavy (non-hydrogen) atoms. The minimum atomic E-state index is -1.04. The predicted octanol–water partition coefficient (Wildman–Crippen LogP) is 4.20. The van der Waals surface area contributed by atoms with Gasteiger partial charge in [0, 0.05) is 42.1 Å². The molecule has 126 valence electrons. The molecule has 0 unspecified atom stereocenters. The largest absolute Gasteiger partial charge is 0.503 e. The minimum Gasteiger partial charge on any atom is -0.503 e. The third-order valence-corrected chi connectivity index (χ3v) is 3.72. The Balaban J connectivity index is 1.88. The second-order valence-electron chi connectivity index (χ2n) is 6.08. The van der Waals surface area contributed by atoms with E-state index in [0.29, 0.717) is 5.92 Å². The summed E-state index contributed by atoms with van der Waals surface area (Å²) in [4.78, 5) is 8.57. The zero-order chi connectivity index (χ0) is 17.3. The Bertz CT molecular complexity index is 853. The summed E-state index contributed by atoms with van der Waals surface area (Å²) in [6.07, 6.45) is 4.62. The van der Waals surface area contributed by atoms with Crippen molar-refractivity contribution in [3.63, 3.8) is 0 Å². The first-order valence-electron chi connectivity index (χ1n) is 7.71. The highest BCUT2D eigenvalue weighted by atomic mass is 19.1. The molecule has 0 aliphatic carbocycles. The summed E-state index contributed by atoms with van der Waals surface area (Å²) in [5.41, 5.74) is 0.885. The molecule has 0 atom stereocenters. The first-order chi connectivity index (χ1) is 11.4. The average molecular weight is 332 g/mol. The summed E-state index contributed by atoms with van der Waals surface area (Å²) in [5.74, 6) is -2.28. The van der Waals surface area contributed by atoms with Crippen molar-refractivity contribution in [1.82, 2.24) is 14.5 Å². The van der Waals surface area contributed by atoms with Crippen molar-refractivity contribution in [2.45, 2.75) is 26.8 Å². The Morgan fingerprint density at radius 1 is 1.25 bits per heavy atom. The molecule has 2 N–H and O–H groups in total. The molecule has 0 saturated carbocycles. The van der Waals surface area contributed by atoms with Crippen molar-refractivity contribution in [3.8, 4) is 5.75 Å². The van der Waals surface area contributed by atoms with Crippen LogP contribution in [-0.2, 0) is 6.54 Å². The van der Waals surface area contributed by atoms with Crippen LogP contribution in [0.2, 0.25) is 0 Å². The van der Waals surface area contributed by atoms with Gasteiger partial charge in [-0.1, -0.05) is 13.8 Å². The monoisotopic (exact) mass is 332 g/mol. The van der Waals surface area contributed by atoms with Crippen LogP contribution in [-0.4, -0.2) is 19.6 Å². The molecule has 0 aliphatic rings. The summed E-state index contributed by atoms with van der Waals surface area (Å²) < 4.78 is 28.9. The maximum atomic E-state index is 13.4. The highest BCUT2D eigenvalue weighted by Crippen LogP contribution is 2.26. The van der Waals surface area contributed by atoms with E-state index >= 15 is 0 Å². The topological polar surface area (TPSA) is 63.0 Å². The summed E-state index contributed by atoms with van der Waals surface area (Å²) in [5, 5.41) is 12.8. The maximum absolute atomic E-state index is 13.4. The molecule has 3 aromatic rings. The SMILES string of the molecule is CC(C)CCn1ccc2cnc(Nc3cc(F)c(O)c(F)c3)nc21. The van der Waals surface area contributed by atoms with Gasteiger partial charge in [-0.05, 0) is 18.4 Å². The Morgan fingerprint density at radius 3 is 2.62 bits per heavy atom. The minimum absolute atomic E-state index is 0.127. The lowest BCUT2D eigenvalue weighted by atomic mass is 10.1. The highest BCUT2D eigenvalue weighted by Gasteiger charge is 2.11. The summed E-state index contributed by atoms with van der Waals surface area (Å²) in [6, 6.07) is 3.91. The van der Waals surface area contributed by atoms with E-state index in [4.69, 9.17) is 5.11 Å². The number of rotatable bonds is 5. The molecule has 0 aliphatic heterocycles. The average Bonchev–Trinajstić information content (AvgIpc) is 2.93. The number of hydrogen-bond donors (Lipinski definition) is 2. The number of nitrogens with zero attached hydrogens (tertiary/aromatic N) is 3. The van der Waals surface area contributed by atoms with E-state index in [-0.39, 0.29) is 11.6 Å². The van der Waals surface area contributed by atoms with Crippen LogP contribution in [0.1, 0.15) is 20.3 Å². The standard InChI is InChI=1S/C17H18F2N4O/c1-10(2)3-5-23-6-4-11-9-20-17(22-16(11)23)21-12-7-13(18)15(24)14(19)8-12/h4,6-10,24H,3,5H2,1-2H3,(H,20,21,22). The fourth-order valence-corrected chi connectivity index (χ4v) is 2.38. The van der Waals surface area contributed by atoms with E-state index in [1.54, 1.807) is 6.20 Å². The van der Waals surface area contributed by atoms with Crippen molar-refractivity contribution in [2.75, 3.05) is 5.32 Å². The molecule has 5 nitrogen and oxygen atoms in total. The van der Waals surface area contributed by atoms with Gasteiger partial charge in [-0.25, -0.2) is 13.8 Å². The summed E-state index contributed by atoms with van der Waals surface area (Å²) in [7, 11) is 0. The molecular formula is C17H18F2N4O. The lowest BCUT2D eigenvalue weighted by molar-refractivity contribution is 0.396. The van der Waals surface area contributed by atoms with Crippen LogP contribution in [0.4, 0.5) is 20.4 Å². The number of fused-ring (bicyclic) bond motifs is 1. The Labute approximate surface area is 138 Å². The Kier molecular flexibility index (Phi) is 4.33. The predicted molar refractivity (Wildman–Crippen MR) is 88.3 cm³/mol. The van der Waals surface area contributed by atoms with E-state index in [0.717, 1.165) is 36.1 Å². The van der Waals surface area contributed by atoms with Crippen molar-refractivity contribution in [2.24, 2.45) is 5.92 Å². The normalized spacial score (nSPS) is 11.4. The smallest absolute Gasteiger partial charge is 0.229 e. The van der Waals surface area contributed by atoms with Gasteiger partial charge in [0.1, 0.15) is 5.65 Å². The molecule has 0 fully saturated rings. The van der Waals surface area contributed by atoms with E-state index in [9.17, 15) is 8.78 Å². The molecule has 2 heterocycles. The highest BCUT2D eigenvalue weighted by molar-refractivity contribution is 5.76. The Morgan fingerprint density at radius 2 is 1.96 bits per heavy atom. The van der Waals surface area contributed by atoms with E-state index < -0.39 is 17.4 Å². The van der Waals surface area contributed by atoms with Gasteiger partial charge in [0.05, 0.1) is 0 Å². The van der Waals surface area contributed by atoms with E-state index in [1.807, 2.05) is 16.8 Å². The number of benzene rings is 1. The van der Waals surface area contributed by atoms with Crippen molar-refractivity contribution >= 4 is 22.7 Å². The summed E-state index contributed by atoms with van der Waals surface area (Å²) in [6.45, 7) is 5.14. The Hall–Kier alpha value is -2.70. The van der Waals surface area contributed by atoms with Gasteiger partial charge < -0.3 is 15.0 Å².